The Labute approximate surface area is 183 Å². The maximum atomic E-state index is 12.9. The first-order valence-corrected chi connectivity index (χ1v) is 10.6. The molecule has 0 spiro atoms. The lowest BCUT2D eigenvalue weighted by molar-refractivity contribution is -0.119. The summed E-state index contributed by atoms with van der Waals surface area (Å²) >= 11 is 0. The number of anilines is 1. The van der Waals surface area contributed by atoms with Crippen LogP contribution in [0.25, 0.3) is 0 Å². The molecule has 1 amide bonds. The van der Waals surface area contributed by atoms with E-state index in [1.165, 1.54) is 0 Å². The highest BCUT2D eigenvalue weighted by Crippen LogP contribution is 2.30. The standard InChI is InChI=1S/C19H23N3O4S.2ClH/c1-27(24,25)19(8-11-20-12-9-19)18(23)22-15-6-4-7-17(13-15)26-14-16-5-2-3-10-21-16;;/h2-7,10,13,20H,8-9,11-12,14H2,1H3,(H,22,23);2*1H. The predicted molar refractivity (Wildman–Crippen MR) is 118 cm³/mol. The third-order valence-electron chi connectivity index (χ3n) is 4.74. The lowest BCUT2D eigenvalue weighted by Crippen LogP contribution is -2.55. The number of carbonyl (C=O) groups excluding carboxylic acids is 1. The van der Waals surface area contributed by atoms with Gasteiger partial charge in [0.2, 0.25) is 5.91 Å². The molecule has 1 aliphatic heterocycles. The van der Waals surface area contributed by atoms with Gasteiger partial charge in [-0.05, 0) is 50.2 Å². The van der Waals surface area contributed by atoms with Crippen molar-refractivity contribution in [2.24, 2.45) is 0 Å². The number of sulfone groups is 1. The molecule has 160 valence electrons. The fourth-order valence-electron chi connectivity index (χ4n) is 3.15. The summed E-state index contributed by atoms with van der Waals surface area (Å²) in [5.41, 5.74) is 1.29. The van der Waals surface area contributed by atoms with Crippen molar-refractivity contribution in [1.82, 2.24) is 10.3 Å². The van der Waals surface area contributed by atoms with E-state index in [1.54, 1.807) is 30.5 Å². The van der Waals surface area contributed by atoms with Crippen LogP contribution in [0.2, 0.25) is 0 Å². The normalized spacial score (nSPS) is 15.3. The van der Waals surface area contributed by atoms with Crippen LogP contribution in [0.3, 0.4) is 0 Å². The molecule has 29 heavy (non-hydrogen) atoms. The molecule has 10 heteroatoms. The zero-order valence-corrected chi connectivity index (χ0v) is 18.4. The number of hydrogen-bond donors (Lipinski definition) is 2. The molecule has 0 radical (unpaired) electrons. The summed E-state index contributed by atoms with van der Waals surface area (Å²) in [6.45, 7) is 1.29. The van der Waals surface area contributed by atoms with Gasteiger partial charge in [-0.2, -0.15) is 0 Å². The fraction of sp³-hybridized carbons (Fsp3) is 0.368. The van der Waals surface area contributed by atoms with E-state index < -0.39 is 20.5 Å². The topological polar surface area (TPSA) is 97.4 Å². The molecule has 1 aromatic carbocycles. The summed E-state index contributed by atoms with van der Waals surface area (Å²) in [5, 5.41) is 5.86. The molecule has 1 aliphatic rings. The predicted octanol–water partition coefficient (Wildman–Crippen LogP) is 2.61. The van der Waals surface area contributed by atoms with Crippen LogP contribution >= 0.6 is 24.8 Å². The first kappa shape index (κ1) is 25.2. The number of rotatable bonds is 6. The van der Waals surface area contributed by atoms with Gasteiger partial charge in [-0.25, -0.2) is 8.42 Å². The Hall–Kier alpha value is -1.87. The number of benzene rings is 1. The minimum atomic E-state index is -3.55. The van der Waals surface area contributed by atoms with E-state index in [4.69, 9.17) is 4.74 Å². The van der Waals surface area contributed by atoms with Gasteiger partial charge < -0.3 is 15.4 Å². The Morgan fingerprint density at radius 1 is 1.17 bits per heavy atom. The smallest absolute Gasteiger partial charge is 0.245 e. The second-order valence-electron chi connectivity index (χ2n) is 6.61. The van der Waals surface area contributed by atoms with E-state index >= 15 is 0 Å². The summed E-state index contributed by atoms with van der Waals surface area (Å²) in [5.74, 6) is 0.0746. The zero-order valence-electron chi connectivity index (χ0n) is 16.0. The average molecular weight is 462 g/mol. The van der Waals surface area contributed by atoms with Crippen molar-refractivity contribution >= 4 is 46.2 Å². The number of amides is 1. The van der Waals surface area contributed by atoms with Crippen LogP contribution in [-0.4, -0.2) is 43.4 Å². The summed E-state index contributed by atoms with van der Waals surface area (Å²) in [7, 11) is -3.55. The van der Waals surface area contributed by atoms with Gasteiger partial charge in [0.25, 0.3) is 0 Å². The van der Waals surface area contributed by atoms with E-state index in [0.717, 1.165) is 11.9 Å². The van der Waals surface area contributed by atoms with Crippen LogP contribution in [0, 0.1) is 0 Å². The highest BCUT2D eigenvalue weighted by atomic mass is 35.5. The minimum absolute atomic E-state index is 0. The quantitative estimate of drug-likeness (QED) is 0.685. The molecule has 2 N–H and O–H groups in total. The Morgan fingerprint density at radius 3 is 2.52 bits per heavy atom. The first-order valence-electron chi connectivity index (χ1n) is 8.75. The third kappa shape index (κ3) is 6.05. The minimum Gasteiger partial charge on any atom is -0.487 e. The number of ether oxygens (including phenoxy) is 1. The summed E-state index contributed by atoms with van der Waals surface area (Å²) in [6, 6.07) is 12.5. The maximum absolute atomic E-state index is 12.9. The number of nitrogens with zero attached hydrogens (tertiary/aromatic N) is 1. The molecule has 1 saturated heterocycles. The van der Waals surface area contributed by atoms with Gasteiger partial charge in [0, 0.05) is 24.2 Å². The molecule has 0 atom stereocenters. The van der Waals surface area contributed by atoms with E-state index in [-0.39, 0.29) is 37.7 Å². The Balaban J connectivity index is 0.00000210. The van der Waals surface area contributed by atoms with Gasteiger partial charge in [0.1, 0.15) is 12.4 Å². The number of carbonyl (C=O) groups is 1. The highest BCUT2D eigenvalue weighted by Gasteiger charge is 2.48. The number of aromatic nitrogens is 1. The summed E-state index contributed by atoms with van der Waals surface area (Å²) in [4.78, 5) is 17.1. The van der Waals surface area contributed by atoms with E-state index in [0.29, 0.717) is 31.1 Å². The summed E-state index contributed by atoms with van der Waals surface area (Å²) in [6.07, 6.45) is 3.34. The van der Waals surface area contributed by atoms with Crippen LogP contribution in [-0.2, 0) is 21.2 Å². The Kier molecular flexibility index (Phi) is 9.35. The molecule has 2 aromatic rings. The van der Waals surface area contributed by atoms with E-state index in [9.17, 15) is 13.2 Å². The Morgan fingerprint density at radius 2 is 1.90 bits per heavy atom. The van der Waals surface area contributed by atoms with E-state index in [1.807, 2.05) is 18.2 Å². The lowest BCUT2D eigenvalue weighted by atomic mass is 9.95. The van der Waals surface area contributed by atoms with Gasteiger partial charge in [-0.15, -0.1) is 24.8 Å². The van der Waals surface area contributed by atoms with Crippen LogP contribution in [0.4, 0.5) is 5.69 Å². The Bertz CT molecular complexity index is 905. The second kappa shape index (κ2) is 10.8. The zero-order chi connectivity index (χ0) is 19.3. The molecule has 0 unspecified atom stereocenters. The first-order chi connectivity index (χ1) is 12.9. The largest absolute Gasteiger partial charge is 0.487 e. The van der Waals surface area contributed by atoms with Crippen LogP contribution in [0.5, 0.6) is 5.75 Å². The molecule has 2 heterocycles. The fourth-order valence-corrected chi connectivity index (χ4v) is 4.48. The van der Waals surface area contributed by atoms with Crippen LogP contribution < -0.4 is 15.4 Å². The molecule has 1 fully saturated rings. The van der Waals surface area contributed by atoms with Crippen LogP contribution in [0.15, 0.2) is 48.7 Å². The highest BCUT2D eigenvalue weighted by molar-refractivity contribution is 7.92. The van der Waals surface area contributed by atoms with Crippen molar-refractivity contribution in [2.45, 2.75) is 24.2 Å². The average Bonchev–Trinajstić information content (AvgIpc) is 2.67. The van der Waals surface area contributed by atoms with Gasteiger partial charge in [-0.3, -0.25) is 9.78 Å². The maximum Gasteiger partial charge on any atom is 0.245 e. The molecule has 7 nitrogen and oxygen atoms in total. The monoisotopic (exact) mass is 461 g/mol. The molecule has 0 aliphatic carbocycles. The number of halogens is 2. The van der Waals surface area contributed by atoms with E-state index in [2.05, 4.69) is 15.6 Å². The SMILES string of the molecule is CS(=O)(=O)C1(C(=O)Nc2cccc(OCc3ccccn3)c2)CCNCC1.Cl.Cl. The number of pyridine rings is 1. The van der Waals surface area contributed by atoms with Crippen molar-refractivity contribution in [3.05, 3.63) is 54.4 Å². The van der Waals surface area contributed by atoms with Crippen molar-refractivity contribution in [3.63, 3.8) is 0 Å². The number of nitrogens with one attached hydrogen (secondary N) is 2. The summed E-state index contributed by atoms with van der Waals surface area (Å²) < 4.78 is 29.0. The molecule has 1 aromatic heterocycles. The van der Waals surface area contributed by atoms with Gasteiger partial charge in [0.05, 0.1) is 5.69 Å². The molecule has 0 bridgehead atoms. The van der Waals surface area contributed by atoms with Gasteiger partial charge in [0.15, 0.2) is 14.6 Å². The molecule has 0 saturated carbocycles. The number of hydrogen-bond acceptors (Lipinski definition) is 6. The second-order valence-corrected chi connectivity index (χ2v) is 8.93. The third-order valence-corrected chi connectivity index (χ3v) is 6.75. The molecule has 3 rings (SSSR count). The van der Waals surface area contributed by atoms with Crippen molar-refractivity contribution in [1.29, 1.82) is 0 Å². The van der Waals surface area contributed by atoms with Crippen molar-refractivity contribution < 1.29 is 17.9 Å². The van der Waals surface area contributed by atoms with Gasteiger partial charge >= 0.3 is 0 Å². The van der Waals surface area contributed by atoms with Gasteiger partial charge in [-0.1, -0.05) is 12.1 Å². The number of piperidine rings is 1. The molecular formula is C19H25Cl2N3O4S. The van der Waals surface area contributed by atoms with Crippen molar-refractivity contribution in [3.8, 4) is 5.75 Å². The lowest BCUT2D eigenvalue weighted by Gasteiger charge is -2.34. The van der Waals surface area contributed by atoms with Crippen molar-refractivity contribution in [2.75, 3.05) is 24.7 Å². The van der Waals surface area contributed by atoms with Crippen LogP contribution in [0.1, 0.15) is 18.5 Å². The molecular weight excluding hydrogens is 437 g/mol.